The molecule has 0 spiro atoms. The molecule has 15 heteroatoms. The maximum Gasteiger partial charge on any atom is 0.416 e. The van der Waals surface area contributed by atoms with E-state index in [-0.39, 0.29) is 23.9 Å². The van der Waals surface area contributed by atoms with Crippen LogP contribution in [0.5, 0.6) is 0 Å². The lowest BCUT2D eigenvalue weighted by Crippen LogP contribution is -2.45. The molecule has 2 aromatic rings. The van der Waals surface area contributed by atoms with Crippen molar-refractivity contribution in [1.82, 2.24) is 5.32 Å². The van der Waals surface area contributed by atoms with Crippen molar-refractivity contribution in [1.29, 1.82) is 0 Å². The molecule has 2 aromatic carbocycles. The minimum Gasteiger partial charge on any atom is -0.370 e. The average Bonchev–Trinajstić information content (AvgIpc) is 3.22. The molecular weight excluding hydrogens is 548 g/mol. The van der Waals surface area contributed by atoms with Crippen LogP contribution in [0.15, 0.2) is 36.4 Å². The molecule has 38 heavy (non-hydrogen) atoms. The first-order valence-electron chi connectivity index (χ1n) is 10.7. The summed E-state index contributed by atoms with van der Waals surface area (Å²) in [5.74, 6) is -0.643. The van der Waals surface area contributed by atoms with E-state index < -0.39 is 89.9 Å². The fourth-order valence-electron chi connectivity index (χ4n) is 4.29. The predicted octanol–water partition coefficient (Wildman–Crippen LogP) is 7.09. The number of benzene rings is 2. The number of nitrogens with zero attached hydrogens (tertiary/aromatic N) is 1. The largest absolute Gasteiger partial charge is 0.416 e. The molecule has 1 amide bonds. The molecule has 1 N–H and O–H groups in total. The Morgan fingerprint density at radius 2 is 1.39 bits per heavy atom. The normalized spacial score (nSPS) is 19.1. The lowest BCUT2D eigenvalue weighted by atomic mass is 9.77. The van der Waals surface area contributed by atoms with Crippen molar-refractivity contribution in [2.45, 2.75) is 50.0 Å². The van der Waals surface area contributed by atoms with Gasteiger partial charge in [-0.15, -0.1) is 0 Å². The first kappa shape index (κ1) is 29.4. The summed E-state index contributed by atoms with van der Waals surface area (Å²) >= 11 is 0. The van der Waals surface area contributed by atoms with Crippen LogP contribution in [0, 0.1) is 0 Å². The second-order valence-electron chi connectivity index (χ2n) is 8.79. The second-order valence-corrected chi connectivity index (χ2v) is 8.79. The molecule has 0 radical (unpaired) electrons. The van der Waals surface area contributed by atoms with Gasteiger partial charge in [0.1, 0.15) is 5.41 Å². The predicted molar refractivity (Wildman–Crippen MR) is 110 cm³/mol. The van der Waals surface area contributed by atoms with Gasteiger partial charge in [-0.25, -0.2) is 0 Å². The SMILES string of the molecule is CC(=O)NCc1ccc(N2CCC(c3cc(C(F)(F)F)cc(C(F)(F)F)c3)(C(F)(F)F)C2)cc1C(F)(F)F. The van der Waals surface area contributed by atoms with Crippen LogP contribution >= 0.6 is 0 Å². The van der Waals surface area contributed by atoms with Gasteiger partial charge in [0, 0.05) is 32.2 Å². The zero-order chi connectivity index (χ0) is 28.9. The molecule has 1 saturated heterocycles. The molecule has 3 rings (SSSR count). The Balaban J connectivity index is 2.11. The highest BCUT2D eigenvalue weighted by Gasteiger charge is 2.60. The van der Waals surface area contributed by atoms with E-state index in [1.165, 1.54) is 0 Å². The minimum absolute atomic E-state index is 0.0100. The van der Waals surface area contributed by atoms with Crippen LogP contribution in [0.3, 0.4) is 0 Å². The summed E-state index contributed by atoms with van der Waals surface area (Å²) in [6.07, 6.45) is -22.1. The van der Waals surface area contributed by atoms with E-state index in [9.17, 15) is 57.5 Å². The summed E-state index contributed by atoms with van der Waals surface area (Å²) in [6.45, 7) is -1.32. The molecule has 1 atom stereocenters. The number of anilines is 1. The zero-order valence-electron chi connectivity index (χ0n) is 19.2. The lowest BCUT2D eigenvalue weighted by Gasteiger charge is -2.34. The van der Waals surface area contributed by atoms with Gasteiger partial charge in [0.05, 0.1) is 16.7 Å². The Labute approximate surface area is 207 Å². The molecule has 1 aliphatic rings. The van der Waals surface area contributed by atoms with E-state index in [4.69, 9.17) is 0 Å². The minimum atomic E-state index is -5.40. The summed E-state index contributed by atoms with van der Waals surface area (Å²) in [7, 11) is 0. The Morgan fingerprint density at radius 3 is 1.84 bits per heavy atom. The summed E-state index contributed by atoms with van der Waals surface area (Å²) in [5, 5.41) is 2.17. The lowest BCUT2D eigenvalue weighted by molar-refractivity contribution is -0.185. The van der Waals surface area contributed by atoms with Crippen LogP contribution in [0.1, 0.15) is 41.2 Å². The topological polar surface area (TPSA) is 32.3 Å². The van der Waals surface area contributed by atoms with Crippen molar-refractivity contribution >= 4 is 11.6 Å². The molecule has 1 unspecified atom stereocenters. The van der Waals surface area contributed by atoms with E-state index in [0.29, 0.717) is 6.07 Å². The molecule has 0 aromatic heterocycles. The standard InChI is InChI=1S/C23H18F12N2O/c1-12(38)36-10-13-2-3-17(9-18(13)22(30,31)32)37-5-4-19(11-37,23(33,34)35)14-6-15(20(24,25)26)8-16(7-14)21(27,28)29/h2-3,6-9H,4-5,10-11H2,1H3,(H,36,38). The van der Waals surface area contributed by atoms with Gasteiger partial charge in [0.2, 0.25) is 5.91 Å². The molecule has 1 fully saturated rings. The number of nitrogens with one attached hydrogen (secondary N) is 1. The van der Waals surface area contributed by atoms with Crippen LogP contribution in [0.25, 0.3) is 0 Å². The van der Waals surface area contributed by atoms with E-state index in [0.717, 1.165) is 24.0 Å². The molecular formula is C23H18F12N2O. The van der Waals surface area contributed by atoms with Crippen molar-refractivity contribution in [3.8, 4) is 0 Å². The van der Waals surface area contributed by atoms with Crippen molar-refractivity contribution in [2.75, 3.05) is 18.0 Å². The van der Waals surface area contributed by atoms with Crippen molar-refractivity contribution in [3.63, 3.8) is 0 Å². The Bertz CT molecular complexity index is 1160. The Morgan fingerprint density at radius 1 is 0.842 bits per heavy atom. The smallest absolute Gasteiger partial charge is 0.370 e. The quantitative estimate of drug-likeness (QED) is 0.401. The molecule has 3 nitrogen and oxygen atoms in total. The molecule has 0 aliphatic carbocycles. The molecule has 0 saturated carbocycles. The number of hydrogen-bond acceptors (Lipinski definition) is 2. The van der Waals surface area contributed by atoms with Crippen molar-refractivity contribution in [3.05, 3.63) is 64.2 Å². The summed E-state index contributed by atoms with van der Waals surface area (Å²) in [6, 6.07) is 2.16. The molecule has 1 heterocycles. The zero-order valence-corrected chi connectivity index (χ0v) is 19.2. The third kappa shape index (κ3) is 5.96. The van der Waals surface area contributed by atoms with Gasteiger partial charge in [-0.3, -0.25) is 4.79 Å². The number of amides is 1. The summed E-state index contributed by atoms with van der Waals surface area (Å²) < 4.78 is 164. The van der Waals surface area contributed by atoms with E-state index in [2.05, 4.69) is 5.32 Å². The first-order valence-corrected chi connectivity index (χ1v) is 10.7. The second kappa shape index (κ2) is 9.56. The van der Waals surface area contributed by atoms with E-state index in [1.807, 2.05) is 0 Å². The van der Waals surface area contributed by atoms with Crippen molar-refractivity contribution in [2.24, 2.45) is 0 Å². The maximum absolute atomic E-state index is 14.3. The molecule has 210 valence electrons. The summed E-state index contributed by atoms with van der Waals surface area (Å²) in [4.78, 5) is 11.9. The van der Waals surface area contributed by atoms with Gasteiger partial charge >= 0.3 is 24.7 Å². The van der Waals surface area contributed by atoms with Crippen LogP contribution in [-0.2, 0) is 35.3 Å². The number of carbonyl (C=O) groups is 1. The number of carbonyl (C=O) groups excluding carboxylic acids is 1. The fourth-order valence-corrected chi connectivity index (χ4v) is 4.29. The van der Waals surface area contributed by atoms with Gasteiger partial charge in [-0.1, -0.05) is 6.07 Å². The average molecular weight is 566 g/mol. The molecule has 1 aliphatic heterocycles. The number of hydrogen-bond donors (Lipinski definition) is 1. The van der Waals surface area contributed by atoms with Gasteiger partial charge in [0.25, 0.3) is 0 Å². The first-order chi connectivity index (χ1) is 17.1. The monoisotopic (exact) mass is 566 g/mol. The van der Waals surface area contributed by atoms with Crippen LogP contribution in [0.4, 0.5) is 58.4 Å². The third-order valence-corrected chi connectivity index (χ3v) is 6.24. The van der Waals surface area contributed by atoms with Gasteiger partial charge in [0.15, 0.2) is 0 Å². The van der Waals surface area contributed by atoms with Crippen LogP contribution < -0.4 is 10.2 Å². The highest BCUT2D eigenvalue weighted by molar-refractivity contribution is 5.73. The van der Waals surface area contributed by atoms with Crippen LogP contribution in [0.2, 0.25) is 0 Å². The molecule has 0 bridgehead atoms. The number of alkyl halides is 12. The van der Waals surface area contributed by atoms with E-state index >= 15 is 0 Å². The van der Waals surface area contributed by atoms with Gasteiger partial charge in [-0.05, 0) is 47.9 Å². The van der Waals surface area contributed by atoms with Crippen LogP contribution in [-0.4, -0.2) is 25.2 Å². The maximum atomic E-state index is 14.3. The fraction of sp³-hybridized carbons (Fsp3) is 0.435. The number of rotatable bonds is 4. The third-order valence-electron chi connectivity index (χ3n) is 6.24. The highest BCUT2D eigenvalue weighted by atomic mass is 19.4. The van der Waals surface area contributed by atoms with Gasteiger partial charge in [-0.2, -0.15) is 52.7 Å². The van der Waals surface area contributed by atoms with Crippen molar-refractivity contribution < 1.29 is 57.5 Å². The number of halogens is 12. The van der Waals surface area contributed by atoms with E-state index in [1.54, 1.807) is 0 Å². The Kier molecular flexibility index (Phi) is 7.40. The highest BCUT2D eigenvalue weighted by Crippen LogP contribution is 2.51. The Hall–Kier alpha value is -3.13. The summed E-state index contributed by atoms with van der Waals surface area (Å²) in [5.41, 5.74) is -10.5. The van der Waals surface area contributed by atoms with Gasteiger partial charge < -0.3 is 10.2 Å².